The summed E-state index contributed by atoms with van der Waals surface area (Å²) in [7, 11) is -3.84. The van der Waals surface area contributed by atoms with E-state index in [0.717, 1.165) is 5.56 Å². The molecule has 120 valence electrons. The van der Waals surface area contributed by atoms with E-state index in [0.29, 0.717) is 11.3 Å². The summed E-state index contributed by atoms with van der Waals surface area (Å²) in [5.41, 5.74) is 1.65. The molecule has 0 heterocycles. The van der Waals surface area contributed by atoms with Crippen LogP contribution in [0.4, 0.5) is 5.69 Å². The second-order valence-corrected chi connectivity index (χ2v) is 6.32. The van der Waals surface area contributed by atoms with E-state index in [2.05, 4.69) is 9.63 Å². The highest BCUT2D eigenvalue weighted by Crippen LogP contribution is 2.18. The summed E-state index contributed by atoms with van der Waals surface area (Å²) < 4.78 is 32.4. The van der Waals surface area contributed by atoms with E-state index in [4.69, 9.17) is 4.74 Å². The number of esters is 1. The van der Waals surface area contributed by atoms with Gasteiger partial charge in [-0.15, -0.1) is 5.11 Å². The molecule has 0 saturated carbocycles. The predicted octanol–water partition coefficient (Wildman–Crippen LogP) is 3.64. The lowest BCUT2D eigenvalue weighted by atomic mass is 10.2. The Balaban J connectivity index is 2.16. The number of carbonyl (C=O) groups is 1. The number of hydrogen-bond donors (Lipinski definition) is 0. The van der Waals surface area contributed by atoms with Crippen molar-refractivity contribution >= 4 is 21.7 Å². The van der Waals surface area contributed by atoms with E-state index in [-0.39, 0.29) is 11.5 Å². The van der Waals surface area contributed by atoms with Gasteiger partial charge in [0.05, 0.1) is 22.8 Å². The number of carbonyl (C=O) groups excluding carboxylic acids is 1. The van der Waals surface area contributed by atoms with E-state index in [1.165, 1.54) is 36.4 Å². The molecule has 0 spiro atoms. The third kappa shape index (κ3) is 4.46. The largest absolute Gasteiger partial charge is 0.462 e. The predicted molar refractivity (Wildman–Crippen MR) is 85.3 cm³/mol. The summed E-state index contributed by atoms with van der Waals surface area (Å²) in [6.45, 7) is 3.87. The minimum atomic E-state index is -3.84. The summed E-state index contributed by atoms with van der Waals surface area (Å²) in [4.78, 5) is 11.6. The minimum absolute atomic E-state index is 0.0787. The van der Waals surface area contributed by atoms with Crippen molar-refractivity contribution in [1.29, 1.82) is 0 Å². The maximum Gasteiger partial charge on any atom is 0.338 e. The summed E-state index contributed by atoms with van der Waals surface area (Å²) in [6.07, 6.45) is 0. The summed E-state index contributed by atoms with van der Waals surface area (Å²) in [6, 6.07) is 12.4. The first-order valence-corrected chi connectivity index (χ1v) is 8.38. The van der Waals surface area contributed by atoms with Gasteiger partial charge in [0.15, 0.2) is 0 Å². The number of aryl methyl sites for hydroxylation is 1. The molecule has 0 atom stereocenters. The van der Waals surface area contributed by atoms with Crippen molar-refractivity contribution in [3.63, 3.8) is 0 Å². The van der Waals surface area contributed by atoms with Crippen molar-refractivity contribution in [2.75, 3.05) is 6.61 Å². The number of benzene rings is 2. The SMILES string of the molecule is CCOC(=O)c1ccc(N=NS(=O)(=O)c2ccc(C)cc2)cc1. The molecular formula is C16H16N2O4S. The first-order valence-electron chi connectivity index (χ1n) is 6.94. The lowest BCUT2D eigenvalue weighted by Crippen LogP contribution is -2.03. The van der Waals surface area contributed by atoms with Gasteiger partial charge in [0.1, 0.15) is 0 Å². The van der Waals surface area contributed by atoms with Gasteiger partial charge in [-0.1, -0.05) is 22.2 Å². The van der Waals surface area contributed by atoms with Crippen LogP contribution in [0.2, 0.25) is 0 Å². The summed E-state index contributed by atoms with van der Waals surface area (Å²) >= 11 is 0. The number of rotatable bonds is 5. The zero-order valence-corrected chi connectivity index (χ0v) is 13.6. The van der Waals surface area contributed by atoms with Crippen LogP contribution in [0, 0.1) is 6.92 Å². The average molecular weight is 332 g/mol. The second kappa shape index (κ2) is 7.15. The van der Waals surface area contributed by atoms with Crippen molar-refractivity contribution in [2.45, 2.75) is 18.7 Å². The Morgan fingerprint density at radius 2 is 1.65 bits per heavy atom. The topological polar surface area (TPSA) is 85.2 Å². The Hall–Kier alpha value is -2.54. The van der Waals surface area contributed by atoms with Gasteiger partial charge >= 0.3 is 5.97 Å². The Kier molecular flexibility index (Phi) is 5.23. The van der Waals surface area contributed by atoms with Crippen LogP contribution < -0.4 is 0 Å². The maximum atomic E-state index is 12.0. The Morgan fingerprint density at radius 3 is 2.22 bits per heavy atom. The molecular weight excluding hydrogens is 316 g/mol. The van der Waals surface area contributed by atoms with Gasteiger partial charge < -0.3 is 4.74 Å². The van der Waals surface area contributed by atoms with Gasteiger partial charge in [-0.05, 0) is 50.2 Å². The molecule has 0 unspecified atom stereocenters. The molecule has 23 heavy (non-hydrogen) atoms. The van der Waals surface area contributed by atoms with Crippen molar-refractivity contribution in [1.82, 2.24) is 0 Å². The quantitative estimate of drug-likeness (QED) is 0.618. The molecule has 0 radical (unpaired) electrons. The molecule has 2 rings (SSSR count). The van der Waals surface area contributed by atoms with Crippen LogP contribution in [0.25, 0.3) is 0 Å². The maximum absolute atomic E-state index is 12.0. The van der Waals surface area contributed by atoms with E-state index >= 15 is 0 Å². The van der Waals surface area contributed by atoms with Gasteiger partial charge in [-0.2, -0.15) is 8.42 Å². The highest BCUT2D eigenvalue weighted by Gasteiger charge is 2.12. The smallest absolute Gasteiger partial charge is 0.338 e. The molecule has 7 heteroatoms. The molecule has 0 amide bonds. The van der Waals surface area contributed by atoms with E-state index in [9.17, 15) is 13.2 Å². The fourth-order valence-corrected chi connectivity index (χ4v) is 2.51. The molecule has 0 saturated heterocycles. The van der Waals surface area contributed by atoms with Crippen LogP contribution in [0.15, 0.2) is 63.1 Å². The fourth-order valence-electron chi connectivity index (χ4n) is 1.74. The zero-order valence-electron chi connectivity index (χ0n) is 12.8. The van der Waals surface area contributed by atoms with Crippen LogP contribution in [0.1, 0.15) is 22.8 Å². The molecule has 2 aromatic carbocycles. The van der Waals surface area contributed by atoms with Gasteiger partial charge in [-0.3, -0.25) is 0 Å². The van der Waals surface area contributed by atoms with Crippen LogP contribution in [0.3, 0.4) is 0 Å². The number of hydrogen-bond acceptors (Lipinski definition) is 5. The van der Waals surface area contributed by atoms with Gasteiger partial charge in [0.25, 0.3) is 10.0 Å². The standard InChI is InChI=1S/C16H16N2O4S/c1-3-22-16(19)13-6-8-14(9-7-13)17-18-23(20,21)15-10-4-12(2)5-11-15/h4-11H,3H2,1-2H3. The third-order valence-electron chi connectivity index (χ3n) is 2.96. The fraction of sp³-hybridized carbons (Fsp3) is 0.188. The molecule has 0 fully saturated rings. The molecule has 0 aliphatic carbocycles. The van der Waals surface area contributed by atoms with E-state index < -0.39 is 16.0 Å². The molecule has 0 bridgehead atoms. The third-order valence-corrected chi connectivity index (χ3v) is 4.13. The molecule has 0 aliphatic heterocycles. The lowest BCUT2D eigenvalue weighted by molar-refractivity contribution is 0.0526. The Morgan fingerprint density at radius 1 is 1.04 bits per heavy atom. The van der Waals surface area contributed by atoms with Gasteiger partial charge in [-0.25, -0.2) is 4.79 Å². The highest BCUT2D eigenvalue weighted by molar-refractivity contribution is 7.90. The summed E-state index contributed by atoms with van der Waals surface area (Å²) in [5, 5.41) is 3.71. The van der Waals surface area contributed by atoms with Crippen molar-refractivity contribution in [3.8, 4) is 0 Å². The van der Waals surface area contributed by atoms with E-state index in [1.807, 2.05) is 6.92 Å². The van der Waals surface area contributed by atoms with Crippen LogP contribution in [-0.2, 0) is 14.8 Å². The monoisotopic (exact) mass is 332 g/mol. The van der Waals surface area contributed by atoms with E-state index in [1.54, 1.807) is 19.1 Å². The normalized spacial score (nSPS) is 11.6. The van der Waals surface area contributed by atoms with Crippen molar-refractivity contribution in [2.24, 2.45) is 9.63 Å². The first-order chi connectivity index (χ1) is 10.9. The molecule has 0 N–H and O–H groups in total. The lowest BCUT2D eigenvalue weighted by Gasteiger charge is -2.01. The zero-order chi connectivity index (χ0) is 16.9. The van der Waals surface area contributed by atoms with Crippen LogP contribution in [-0.4, -0.2) is 21.0 Å². The second-order valence-electron chi connectivity index (χ2n) is 4.74. The van der Waals surface area contributed by atoms with Gasteiger partial charge in [0, 0.05) is 0 Å². The van der Waals surface area contributed by atoms with Gasteiger partial charge in [0.2, 0.25) is 0 Å². The van der Waals surface area contributed by atoms with Crippen LogP contribution >= 0.6 is 0 Å². The summed E-state index contributed by atoms with van der Waals surface area (Å²) in [5.74, 6) is -0.441. The minimum Gasteiger partial charge on any atom is -0.462 e. The number of nitrogens with zero attached hydrogens (tertiary/aromatic N) is 2. The Bertz CT molecular complexity index is 810. The molecule has 0 aliphatic rings. The molecule has 6 nitrogen and oxygen atoms in total. The van der Waals surface area contributed by atoms with Crippen molar-refractivity contribution < 1.29 is 17.9 Å². The van der Waals surface area contributed by atoms with Crippen LogP contribution in [0.5, 0.6) is 0 Å². The molecule has 0 aromatic heterocycles. The average Bonchev–Trinajstić information content (AvgIpc) is 2.54. The number of ether oxygens (including phenoxy) is 1. The first kappa shape index (κ1) is 16.8. The highest BCUT2D eigenvalue weighted by atomic mass is 32.2. The molecule has 2 aromatic rings. The van der Waals surface area contributed by atoms with Crippen molar-refractivity contribution in [3.05, 3.63) is 59.7 Å². The number of sulfonamides is 1. The Labute approximate surface area is 134 Å².